The molecule has 0 bridgehead atoms. The number of aromatic nitrogens is 2. The van der Waals surface area contributed by atoms with Crippen LogP contribution in [0.4, 0.5) is 0 Å². The predicted octanol–water partition coefficient (Wildman–Crippen LogP) is 1.73. The Bertz CT molecular complexity index is 623. The summed E-state index contributed by atoms with van der Waals surface area (Å²) in [6.07, 6.45) is 11.3. The molecular weight excluding hydrogens is 366 g/mol. The van der Waals surface area contributed by atoms with E-state index < -0.39 is 0 Å². The van der Waals surface area contributed by atoms with Crippen molar-refractivity contribution in [1.82, 2.24) is 19.6 Å². The van der Waals surface area contributed by atoms with Gasteiger partial charge in [0.25, 0.3) is 0 Å². The SMILES string of the molecule is N[C@H]1CC[C@@H](C(=O)N2CCC(CCn3cccn3)CC2)CN(C2CCOCC2)C1. The molecule has 1 aromatic heterocycles. The van der Waals surface area contributed by atoms with Crippen molar-refractivity contribution in [2.75, 3.05) is 39.4 Å². The van der Waals surface area contributed by atoms with Gasteiger partial charge in [-0.15, -0.1) is 0 Å². The summed E-state index contributed by atoms with van der Waals surface area (Å²) in [5.41, 5.74) is 6.36. The minimum absolute atomic E-state index is 0.104. The van der Waals surface area contributed by atoms with E-state index in [0.717, 1.165) is 90.9 Å². The molecule has 0 aliphatic carbocycles. The lowest BCUT2D eigenvalue weighted by Gasteiger charge is -2.37. The molecule has 3 aliphatic heterocycles. The molecular formula is C22H37N5O2. The molecule has 7 nitrogen and oxygen atoms in total. The average molecular weight is 404 g/mol. The lowest BCUT2D eigenvalue weighted by Crippen LogP contribution is -2.48. The van der Waals surface area contributed by atoms with Crippen LogP contribution >= 0.6 is 0 Å². The van der Waals surface area contributed by atoms with E-state index in [4.69, 9.17) is 10.5 Å². The number of nitrogens with two attached hydrogens (primary N) is 1. The first-order valence-electron chi connectivity index (χ1n) is 11.5. The van der Waals surface area contributed by atoms with E-state index in [1.54, 1.807) is 0 Å². The van der Waals surface area contributed by atoms with E-state index in [9.17, 15) is 4.79 Å². The second-order valence-electron chi connectivity index (χ2n) is 9.16. The van der Waals surface area contributed by atoms with Crippen LogP contribution in [0, 0.1) is 11.8 Å². The zero-order valence-corrected chi connectivity index (χ0v) is 17.6. The number of ether oxygens (including phenoxy) is 1. The van der Waals surface area contributed by atoms with Crippen molar-refractivity contribution in [3.8, 4) is 0 Å². The van der Waals surface area contributed by atoms with Gasteiger partial charge in [0.2, 0.25) is 5.91 Å². The van der Waals surface area contributed by atoms with E-state index in [-0.39, 0.29) is 12.0 Å². The quantitative estimate of drug-likeness (QED) is 0.810. The number of hydrogen-bond donors (Lipinski definition) is 1. The van der Waals surface area contributed by atoms with Crippen LogP contribution in [0.5, 0.6) is 0 Å². The molecule has 3 fully saturated rings. The molecule has 4 rings (SSSR count). The maximum Gasteiger partial charge on any atom is 0.226 e. The van der Waals surface area contributed by atoms with Gasteiger partial charge in [-0.05, 0) is 56.9 Å². The molecule has 0 radical (unpaired) electrons. The van der Waals surface area contributed by atoms with Gasteiger partial charge < -0.3 is 15.4 Å². The number of carbonyl (C=O) groups excluding carboxylic acids is 1. The van der Waals surface area contributed by atoms with Crippen LogP contribution in [0.25, 0.3) is 0 Å². The predicted molar refractivity (Wildman–Crippen MR) is 112 cm³/mol. The van der Waals surface area contributed by atoms with E-state index in [2.05, 4.69) is 14.9 Å². The monoisotopic (exact) mass is 403 g/mol. The minimum Gasteiger partial charge on any atom is -0.381 e. The number of aryl methyl sites for hydroxylation is 1. The van der Waals surface area contributed by atoms with Gasteiger partial charge in [0.1, 0.15) is 0 Å². The highest BCUT2D eigenvalue weighted by atomic mass is 16.5. The van der Waals surface area contributed by atoms with E-state index in [1.165, 1.54) is 0 Å². The average Bonchev–Trinajstić information content (AvgIpc) is 3.21. The van der Waals surface area contributed by atoms with Crippen molar-refractivity contribution in [1.29, 1.82) is 0 Å². The molecule has 3 saturated heterocycles. The maximum absolute atomic E-state index is 13.3. The molecule has 1 aromatic rings. The van der Waals surface area contributed by atoms with Crippen molar-refractivity contribution in [3.63, 3.8) is 0 Å². The van der Waals surface area contributed by atoms with Gasteiger partial charge in [-0.2, -0.15) is 5.10 Å². The third-order valence-electron chi connectivity index (χ3n) is 7.12. The van der Waals surface area contributed by atoms with Crippen LogP contribution in [0.3, 0.4) is 0 Å². The zero-order valence-electron chi connectivity index (χ0n) is 17.6. The number of hydrogen-bond acceptors (Lipinski definition) is 5. The van der Waals surface area contributed by atoms with Gasteiger partial charge in [-0.3, -0.25) is 14.4 Å². The van der Waals surface area contributed by atoms with Gasteiger partial charge >= 0.3 is 0 Å². The largest absolute Gasteiger partial charge is 0.381 e. The van der Waals surface area contributed by atoms with Crippen molar-refractivity contribution in [2.24, 2.45) is 17.6 Å². The number of amides is 1. The fraction of sp³-hybridized carbons (Fsp3) is 0.818. The maximum atomic E-state index is 13.3. The lowest BCUT2D eigenvalue weighted by molar-refractivity contribution is -0.138. The molecule has 0 saturated carbocycles. The highest BCUT2D eigenvalue weighted by Crippen LogP contribution is 2.27. The molecule has 2 atom stereocenters. The lowest BCUT2D eigenvalue weighted by atomic mass is 9.92. The number of carbonyl (C=O) groups is 1. The third-order valence-corrected chi connectivity index (χ3v) is 7.12. The summed E-state index contributed by atoms with van der Waals surface area (Å²) in [7, 11) is 0. The first-order valence-corrected chi connectivity index (χ1v) is 11.5. The molecule has 4 heterocycles. The fourth-order valence-electron chi connectivity index (χ4n) is 5.25. The van der Waals surface area contributed by atoms with Gasteiger partial charge in [0.15, 0.2) is 0 Å². The fourth-order valence-corrected chi connectivity index (χ4v) is 5.25. The number of piperidine rings is 1. The summed E-state index contributed by atoms with van der Waals surface area (Å²) in [4.78, 5) is 17.9. The highest BCUT2D eigenvalue weighted by Gasteiger charge is 2.34. The first-order chi connectivity index (χ1) is 14.2. The smallest absolute Gasteiger partial charge is 0.226 e. The Kier molecular flexibility index (Phi) is 7.21. The van der Waals surface area contributed by atoms with Gasteiger partial charge in [0, 0.05) is 70.4 Å². The van der Waals surface area contributed by atoms with Crippen LogP contribution in [-0.4, -0.2) is 77.0 Å². The molecule has 29 heavy (non-hydrogen) atoms. The Labute approximate surface area is 174 Å². The number of likely N-dealkylation sites (tertiary alicyclic amines) is 2. The highest BCUT2D eigenvalue weighted by molar-refractivity contribution is 5.79. The van der Waals surface area contributed by atoms with Crippen LogP contribution < -0.4 is 5.73 Å². The second kappa shape index (κ2) is 10.0. The van der Waals surface area contributed by atoms with Gasteiger partial charge in [-0.25, -0.2) is 0 Å². The molecule has 3 aliphatic rings. The van der Waals surface area contributed by atoms with Crippen molar-refractivity contribution >= 4 is 5.91 Å². The standard InChI is InChI=1S/C22H37N5O2/c23-20-3-2-19(16-26(17-20)21-7-14-29-15-8-21)22(28)25-11-4-18(5-12-25)6-13-27-10-1-9-24-27/h1,9-10,18-21H,2-8,11-17,23H2/t19-,20+/m1/s1. The Morgan fingerprint density at radius 1 is 1.07 bits per heavy atom. The zero-order chi connectivity index (χ0) is 20.1. The van der Waals surface area contributed by atoms with Crippen LogP contribution in [0.2, 0.25) is 0 Å². The van der Waals surface area contributed by atoms with E-state index in [0.29, 0.717) is 17.9 Å². The topological polar surface area (TPSA) is 76.6 Å². The summed E-state index contributed by atoms with van der Waals surface area (Å²) in [5, 5.41) is 4.29. The van der Waals surface area contributed by atoms with Crippen molar-refractivity contribution in [3.05, 3.63) is 18.5 Å². The summed E-state index contributed by atoms with van der Waals surface area (Å²) < 4.78 is 7.54. The van der Waals surface area contributed by atoms with Gasteiger partial charge in [0.05, 0.1) is 5.92 Å². The van der Waals surface area contributed by atoms with Crippen molar-refractivity contribution < 1.29 is 9.53 Å². The Balaban J connectivity index is 1.27. The summed E-state index contributed by atoms with van der Waals surface area (Å²) in [6, 6.07) is 2.68. The Hall–Kier alpha value is -1.44. The molecule has 2 N–H and O–H groups in total. The first kappa shape index (κ1) is 20.8. The third kappa shape index (κ3) is 5.58. The van der Waals surface area contributed by atoms with Crippen LogP contribution in [-0.2, 0) is 16.1 Å². The minimum atomic E-state index is 0.104. The Morgan fingerprint density at radius 3 is 2.59 bits per heavy atom. The molecule has 0 unspecified atom stereocenters. The molecule has 1 amide bonds. The number of nitrogens with zero attached hydrogens (tertiary/aromatic N) is 4. The van der Waals surface area contributed by atoms with Crippen LogP contribution in [0.15, 0.2) is 18.5 Å². The normalized spacial score (nSPS) is 28.4. The second-order valence-corrected chi connectivity index (χ2v) is 9.16. The van der Waals surface area contributed by atoms with Gasteiger partial charge in [-0.1, -0.05) is 0 Å². The summed E-state index contributed by atoms with van der Waals surface area (Å²) in [6.45, 7) is 6.25. The van der Waals surface area contributed by atoms with E-state index >= 15 is 0 Å². The van der Waals surface area contributed by atoms with E-state index in [1.807, 2.05) is 23.1 Å². The van der Waals surface area contributed by atoms with Crippen molar-refractivity contribution in [2.45, 2.75) is 63.6 Å². The summed E-state index contributed by atoms with van der Waals surface area (Å²) in [5.74, 6) is 1.17. The molecule has 7 heteroatoms. The molecule has 0 aromatic carbocycles. The number of rotatable bonds is 5. The Morgan fingerprint density at radius 2 is 1.86 bits per heavy atom. The summed E-state index contributed by atoms with van der Waals surface area (Å²) >= 11 is 0. The molecule has 0 spiro atoms. The molecule has 162 valence electrons. The van der Waals surface area contributed by atoms with Crippen LogP contribution in [0.1, 0.15) is 44.9 Å².